The van der Waals surface area contributed by atoms with Crippen LogP contribution in [0.25, 0.3) is 0 Å². The predicted molar refractivity (Wildman–Crippen MR) is 83.4 cm³/mol. The monoisotopic (exact) mass is 291 g/mol. The minimum atomic E-state index is -0.0500. The van der Waals surface area contributed by atoms with Crippen LogP contribution in [0.2, 0.25) is 0 Å². The third-order valence-corrected chi connectivity index (χ3v) is 4.51. The lowest BCUT2D eigenvalue weighted by Crippen LogP contribution is -2.46. The first kappa shape index (κ1) is 15.8. The van der Waals surface area contributed by atoms with Gasteiger partial charge >= 0.3 is 0 Å². The fourth-order valence-corrected chi connectivity index (χ4v) is 3.12. The second kappa shape index (κ2) is 6.94. The van der Waals surface area contributed by atoms with Crippen LogP contribution < -0.4 is 14.8 Å². The van der Waals surface area contributed by atoms with E-state index in [9.17, 15) is 4.79 Å². The van der Waals surface area contributed by atoms with Crippen LogP contribution in [0.3, 0.4) is 0 Å². The van der Waals surface area contributed by atoms with E-state index in [1.807, 2.05) is 7.05 Å². The minimum Gasteiger partial charge on any atom is -0.497 e. The number of Topliss-reactive ketones (excluding diaryl/α,β-unsaturated/α-hetero) is 1. The average Bonchev–Trinajstić information content (AvgIpc) is 2.55. The van der Waals surface area contributed by atoms with Crippen LogP contribution in [0, 0.1) is 0 Å². The fourth-order valence-electron chi connectivity index (χ4n) is 3.12. The number of rotatable bonds is 6. The molecule has 116 valence electrons. The quantitative estimate of drug-likeness (QED) is 0.818. The molecule has 0 aliphatic heterocycles. The van der Waals surface area contributed by atoms with Crippen molar-refractivity contribution < 1.29 is 14.3 Å². The summed E-state index contributed by atoms with van der Waals surface area (Å²) in [5.74, 6) is 1.45. The number of ether oxygens (including phenoxy) is 2. The van der Waals surface area contributed by atoms with Crippen molar-refractivity contribution in [2.24, 2.45) is 0 Å². The molecule has 1 aliphatic carbocycles. The molecule has 0 amide bonds. The highest BCUT2D eigenvalue weighted by atomic mass is 16.5. The Morgan fingerprint density at radius 2 is 1.67 bits per heavy atom. The van der Waals surface area contributed by atoms with E-state index in [-0.39, 0.29) is 11.3 Å². The Balaban J connectivity index is 2.19. The summed E-state index contributed by atoms with van der Waals surface area (Å²) in [5.41, 5.74) is 0.609. The summed E-state index contributed by atoms with van der Waals surface area (Å²) < 4.78 is 10.5. The number of carbonyl (C=O) groups is 1. The van der Waals surface area contributed by atoms with Gasteiger partial charge in [-0.2, -0.15) is 0 Å². The second-order valence-electron chi connectivity index (χ2n) is 5.79. The molecule has 0 radical (unpaired) electrons. The molecule has 0 unspecified atom stereocenters. The van der Waals surface area contributed by atoms with Gasteiger partial charge in [0.25, 0.3) is 0 Å². The van der Waals surface area contributed by atoms with Crippen molar-refractivity contribution in [2.45, 2.75) is 44.1 Å². The van der Waals surface area contributed by atoms with Gasteiger partial charge in [-0.15, -0.1) is 0 Å². The molecule has 1 aliphatic rings. The molecule has 0 heterocycles. The number of benzene rings is 1. The van der Waals surface area contributed by atoms with Gasteiger partial charge in [-0.25, -0.2) is 0 Å². The Labute approximate surface area is 126 Å². The van der Waals surface area contributed by atoms with Crippen molar-refractivity contribution in [3.8, 4) is 11.5 Å². The maximum atomic E-state index is 12.7. The van der Waals surface area contributed by atoms with Crippen LogP contribution in [-0.4, -0.2) is 32.6 Å². The van der Waals surface area contributed by atoms with Crippen molar-refractivity contribution in [1.82, 2.24) is 5.32 Å². The van der Waals surface area contributed by atoms with Gasteiger partial charge in [0.05, 0.1) is 14.2 Å². The van der Waals surface area contributed by atoms with Gasteiger partial charge in [-0.05, 0) is 32.0 Å². The zero-order valence-electron chi connectivity index (χ0n) is 13.2. The van der Waals surface area contributed by atoms with Gasteiger partial charge in [0, 0.05) is 23.6 Å². The summed E-state index contributed by atoms with van der Waals surface area (Å²) in [6, 6.07) is 5.36. The largest absolute Gasteiger partial charge is 0.497 e. The van der Waals surface area contributed by atoms with E-state index in [1.54, 1.807) is 32.4 Å². The number of ketones is 1. The molecule has 0 saturated heterocycles. The maximum absolute atomic E-state index is 12.7. The molecule has 1 aromatic rings. The molecule has 0 spiro atoms. The predicted octanol–water partition coefficient (Wildman–Crippen LogP) is 3.20. The number of carbonyl (C=O) groups excluding carboxylic acids is 1. The lowest BCUT2D eigenvalue weighted by molar-refractivity contribution is 0.0914. The number of methoxy groups -OCH3 is 2. The van der Waals surface area contributed by atoms with E-state index in [0.717, 1.165) is 12.8 Å². The highest BCUT2D eigenvalue weighted by Gasteiger charge is 2.33. The molecule has 4 nitrogen and oxygen atoms in total. The standard InChI is InChI=1S/C17H25NO3/c1-18-17(7-5-4-6-8-17)12-16(19)13-9-14(20-2)11-15(10-13)21-3/h9-11,18H,4-8,12H2,1-3H3. The van der Waals surface area contributed by atoms with Crippen molar-refractivity contribution in [1.29, 1.82) is 0 Å². The first-order chi connectivity index (χ1) is 10.1. The Bertz CT molecular complexity index is 471. The molecule has 1 saturated carbocycles. The van der Waals surface area contributed by atoms with Crippen LogP contribution in [0.15, 0.2) is 18.2 Å². The smallest absolute Gasteiger partial charge is 0.164 e. The van der Waals surface area contributed by atoms with E-state index < -0.39 is 0 Å². The van der Waals surface area contributed by atoms with Crippen LogP contribution >= 0.6 is 0 Å². The highest BCUT2D eigenvalue weighted by Crippen LogP contribution is 2.33. The molecule has 0 bridgehead atoms. The summed E-state index contributed by atoms with van der Waals surface area (Å²) in [5, 5.41) is 3.39. The number of nitrogens with one attached hydrogen (secondary N) is 1. The van der Waals surface area contributed by atoms with Crippen LogP contribution in [0.5, 0.6) is 11.5 Å². The SMILES string of the molecule is CNC1(CC(=O)c2cc(OC)cc(OC)c2)CCCCC1. The van der Waals surface area contributed by atoms with Gasteiger partial charge in [0.1, 0.15) is 11.5 Å². The molecule has 2 rings (SSSR count). The summed E-state index contributed by atoms with van der Waals surface area (Å²) >= 11 is 0. The Morgan fingerprint density at radius 1 is 1.10 bits per heavy atom. The summed E-state index contributed by atoms with van der Waals surface area (Å²) in [7, 11) is 5.16. The maximum Gasteiger partial charge on any atom is 0.164 e. The highest BCUT2D eigenvalue weighted by molar-refractivity contribution is 5.97. The summed E-state index contributed by atoms with van der Waals surface area (Å²) in [6.07, 6.45) is 6.31. The zero-order valence-corrected chi connectivity index (χ0v) is 13.2. The number of hydrogen-bond acceptors (Lipinski definition) is 4. The summed E-state index contributed by atoms with van der Waals surface area (Å²) in [4.78, 5) is 12.7. The molecular weight excluding hydrogens is 266 g/mol. The minimum absolute atomic E-state index is 0.0500. The molecule has 1 N–H and O–H groups in total. The van der Waals surface area contributed by atoms with E-state index in [0.29, 0.717) is 23.5 Å². The number of hydrogen-bond donors (Lipinski definition) is 1. The van der Waals surface area contributed by atoms with Gasteiger partial charge in [0.2, 0.25) is 0 Å². The van der Waals surface area contributed by atoms with E-state index in [4.69, 9.17) is 9.47 Å². The lowest BCUT2D eigenvalue weighted by Gasteiger charge is -2.36. The zero-order chi connectivity index (χ0) is 15.3. The molecule has 21 heavy (non-hydrogen) atoms. The van der Waals surface area contributed by atoms with Crippen molar-refractivity contribution in [2.75, 3.05) is 21.3 Å². The Morgan fingerprint density at radius 3 is 2.14 bits per heavy atom. The Kier molecular flexibility index (Phi) is 5.23. The van der Waals surface area contributed by atoms with Crippen LogP contribution in [-0.2, 0) is 0 Å². The van der Waals surface area contributed by atoms with E-state index in [2.05, 4.69) is 5.32 Å². The van der Waals surface area contributed by atoms with E-state index >= 15 is 0 Å². The lowest BCUT2D eigenvalue weighted by atomic mass is 9.77. The molecule has 0 atom stereocenters. The first-order valence-electron chi connectivity index (χ1n) is 7.58. The van der Waals surface area contributed by atoms with Crippen molar-refractivity contribution in [3.05, 3.63) is 23.8 Å². The molecule has 0 aromatic heterocycles. The van der Waals surface area contributed by atoms with Gasteiger partial charge < -0.3 is 14.8 Å². The van der Waals surface area contributed by atoms with Gasteiger partial charge in [-0.1, -0.05) is 19.3 Å². The first-order valence-corrected chi connectivity index (χ1v) is 7.58. The third kappa shape index (κ3) is 3.76. The van der Waals surface area contributed by atoms with E-state index in [1.165, 1.54) is 19.3 Å². The van der Waals surface area contributed by atoms with Crippen molar-refractivity contribution >= 4 is 5.78 Å². The molecule has 1 fully saturated rings. The molecule has 4 heteroatoms. The third-order valence-electron chi connectivity index (χ3n) is 4.51. The summed E-state index contributed by atoms with van der Waals surface area (Å²) in [6.45, 7) is 0. The van der Waals surface area contributed by atoms with Gasteiger partial charge in [0.15, 0.2) is 5.78 Å². The molecule has 1 aromatic carbocycles. The normalized spacial score (nSPS) is 17.3. The average molecular weight is 291 g/mol. The fraction of sp³-hybridized carbons (Fsp3) is 0.588. The van der Waals surface area contributed by atoms with Crippen LogP contribution in [0.4, 0.5) is 0 Å². The second-order valence-corrected chi connectivity index (χ2v) is 5.79. The topological polar surface area (TPSA) is 47.6 Å². The molecular formula is C17H25NO3. The van der Waals surface area contributed by atoms with Gasteiger partial charge in [-0.3, -0.25) is 4.79 Å². The van der Waals surface area contributed by atoms with Crippen LogP contribution in [0.1, 0.15) is 48.9 Å². The van der Waals surface area contributed by atoms with Crippen molar-refractivity contribution in [3.63, 3.8) is 0 Å². The Hall–Kier alpha value is -1.55.